The van der Waals surface area contributed by atoms with Gasteiger partial charge in [0.1, 0.15) is 5.75 Å². The molecule has 82 valence electrons. The summed E-state index contributed by atoms with van der Waals surface area (Å²) in [5.41, 5.74) is 1.52. The molecule has 1 aromatic carbocycles. The first kappa shape index (κ1) is 11.0. The van der Waals surface area contributed by atoms with Gasteiger partial charge in [0.25, 0.3) is 0 Å². The van der Waals surface area contributed by atoms with Gasteiger partial charge in [0.2, 0.25) is 0 Å². The average molecular weight is 270 g/mol. The van der Waals surface area contributed by atoms with Crippen molar-refractivity contribution in [3.8, 4) is 5.75 Å². The van der Waals surface area contributed by atoms with Crippen LogP contribution in [0.4, 0.5) is 0 Å². The molecule has 0 amide bonds. The molecule has 15 heavy (non-hydrogen) atoms. The lowest BCUT2D eigenvalue weighted by Crippen LogP contribution is -2.27. The van der Waals surface area contributed by atoms with Gasteiger partial charge in [-0.1, -0.05) is 22.0 Å². The second kappa shape index (κ2) is 3.80. The first-order valence-electron chi connectivity index (χ1n) is 5.11. The van der Waals surface area contributed by atoms with Crippen molar-refractivity contribution in [1.29, 1.82) is 0 Å². The summed E-state index contributed by atoms with van der Waals surface area (Å²) in [5.74, 6) is 0.982. The van der Waals surface area contributed by atoms with Crippen molar-refractivity contribution in [1.82, 2.24) is 4.90 Å². The van der Waals surface area contributed by atoms with Crippen molar-refractivity contribution in [2.24, 2.45) is 0 Å². The van der Waals surface area contributed by atoms with Crippen molar-refractivity contribution in [3.63, 3.8) is 0 Å². The van der Waals surface area contributed by atoms with Crippen molar-refractivity contribution >= 4 is 15.9 Å². The molecule has 0 aliphatic heterocycles. The molecular weight excluding hydrogens is 254 g/mol. The summed E-state index contributed by atoms with van der Waals surface area (Å²) in [6, 6.07) is 6.29. The normalized spacial score (nSPS) is 17.9. The smallest absolute Gasteiger partial charge is 0.125 e. The summed E-state index contributed by atoms with van der Waals surface area (Å²) in [5, 5.41) is 0. The van der Waals surface area contributed by atoms with Gasteiger partial charge in [0.15, 0.2) is 0 Å². The summed E-state index contributed by atoms with van der Waals surface area (Å²) in [7, 11) is 6.00. The SMILES string of the molecule is COc1cc(Br)ccc1C1(N(C)C)CC1. The van der Waals surface area contributed by atoms with E-state index in [-0.39, 0.29) is 5.54 Å². The Bertz CT molecular complexity index is 372. The highest BCUT2D eigenvalue weighted by Crippen LogP contribution is 2.52. The van der Waals surface area contributed by atoms with Crippen LogP contribution in [0.1, 0.15) is 18.4 Å². The van der Waals surface area contributed by atoms with E-state index in [1.807, 2.05) is 6.07 Å². The van der Waals surface area contributed by atoms with Crippen LogP contribution in [-0.4, -0.2) is 26.1 Å². The third-order valence-electron chi connectivity index (χ3n) is 3.24. The molecule has 0 bridgehead atoms. The highest BCUT2D eigenvalue weighted by atomic mass is 79.9. The zero-order valence-electron chi connectivity index (χ0n) is 9.38. The van der Waals surface area contributed by atoms with Crippen LogP contribution < -0.4 is 4.74 Å². The molecule has 1 aliphatic rings. The average Bonchev–Trinajstić information content (AvgIpc) is 2.98. The van der Waals surface area contributed by atoms with Crippen molar-refractivity contribution in [2.75, 3.05) is 21.2 Å². The Balaban J connectivity index is 2.44. The molecule has 2 nitrogen and oxygen atoms in total. The van der Waals surface area contributed by atoms with Gasteiger partial charge < -0.3 is 4.74 Å². The number of ether oxygens (including phenoxy) is 1. The van der Waals surface area contributed by atoms with Crippen LogP contribution in [0.5, 0.6) is 5.75 Å². The fraction of sp³-hybridized carbons (Fsp3) is 0.500. The van der Waals surface area contributed by atoms with E-state index in [1.165, 1.54) is 18.4 Å². The van der Waals surface area contributed by atoms with Crippen LogP contribution in [0.15, 0.2) is 22.7 Å². The molecule has 0 aromatic heterocycles. The Hall–Kier alpha value is -0.540. The lowest BCUT2D eigenvalue weighted by molar-refractivity contribution is 0.266. The van der Waals surface area contributed by atoms with E-state index in [9.17, 15) is 0 Å². The maximum absolute atomic E-state index is 5.45. The summed E-state index contributed by atoms with van der Waals surface area (Å²) in [4.78, 5) is 2.29. The monoisotopic (exact) mass is 269 g/mol. The second-order valence-electron chi connectivity index (χ2n) is 4.27. The lowest BCUT2D eigenvalue weighted by Gasteiger charge is -2.26. The van der Waals surface area contributed by atoms with Crippen molar-refractivity contribution in [2.45, 2.75) is 18.4 Å². The first-order chi connectivity index (χ1) is 7.10. The van der Waals surface area contributed by atoms with Gasteiger partial charge in [0.05, 0.1) is 7.11 Å². The van der Waals surface area contributed by atoms with E-state index in [4.69, 9.17) is 4.74 Å². The zero-order chi connectivity index (χ0) is 11.1. The maximum atomic E-state index is 5.45. The van der Waals surface area contributed by atoms with Crippen molar-refractivity contribution in [3.05, 3.63) is 28.2 Å². The standard InChI is InChI=1S/C12H16BrNO/c1-14(2)12(6-7-12)10-5-4-9(13)8-11(10)15-3/h4-5,8H,6-7H2,1-3H3. The van der Waals surface area contributed by atoms with Crippen LogP contribution in [0.2, 0.25) is 0 Å². The topological polar surface area (TPSA) is 12.5 Å². The Kier molecular flexibility index (Phi) is 2.77. The molecule has 0 N–H and O–H groups in total. The molecule has 0 spiro atoms. The number of nitrogens with zero attached hydrogens (tertiary/aromatic N) is 1. The fourth-order valence-electron chi connectivity index (χ4n) is 2.13. The molecule has 1 aromatic rings. The zero-order valence-corrected chi connectivity index (χ0v) is 11.0. The molecule has 0 unspecified atom stereocenters. The first-order valence-corrected chi connectivity index (χ1v) is 5.91. The predicted octanol–water partition coefficient (Wildman–Crippen LogP) is 3.01. The van der Waals surface area contributed by atoms with Crippen LogP contribution in [-0.2, 0) is 5.54 Å². The Morgan fingerprint density at radius 2 is 2.00 bits per heavy atom. The van der Waals surface area contributed by atoms with Gasteiger partial charge in [-0.2, -0.15) is 0 Å². The minimum absolute atomic E-state index is 0.214. The summed E-state index contributed by atoms with van der Waals surface area (Å²) >= 11 is 3.47. The minimum Gasteiger partial charge on any atom is -0.496 e. The molecule has 1 aliphatic carbocycles. The van der Waals surface area contributed by atoms with E-state index >= 15 is 0 Å². The summed E-state index contributed by atoms with van der Waals surface area (Å²) < 4.78 is 6.51. The quantitative estimate of drug-likeness (QED) is 0.837. The lowest BCUT2D eigenvalue weighted by atomic mass is 10.0. The number of methoxy groups -OCH3 is 1. The Morgan fingerprint density at radius 3 is 2.47 bits per heavy atom. The van der Waals surface area contributed by atoms with E-state index in [0.29, 0.717) is 0 Å². The van der Waals surface area contributed by atoms with E-state index in [1.54, 1.807) is 7.11 Å². The molecule has 0 atom stereocenters. The number of hydrogen-bond donors (Lipinski definition) is 0. The molecule has 2 rings (SSSR count). The van der Waals surface area contributed by atoms with E-state index in [0.717, 1.165) is 10.2 Å². The van der Waals surface area contributed by atoms with Crippen molar-refractivity contribution < 1.29 is 4.74 Å². The van der Waals surface area contributed by atoms with Gasteiger partial charge in [-0.3, -0.25) is 4.90 Å². The molecule has 0 radical (unpaired) electrons. The van der Waals surface area contributed by atoms with Gasteiger partial charge in [-0.05, 0) is 39.1 Å². The van der Waals surface area contributed by atoms with Gasteiger partial charge in [-0.15, -0.1) is 0 Å². The molecule has 1 saturated carbocycles. The van der Waals surface area contributed by atoms with Gasteiger partial charge in [-0.25, -0.2) is 0 Å². The molecule has 3 heteroatoms. The molecular formula is C12H16BrNO. The largest absolute Gasteiger partial charge is 0.496 e. The highest BCUT2D eigenvalue weighted by Gasteiger charge is 2.48. The van der Waals surface area contributed by atoms with E-state index < -0.39 is 0 Å². The molecule has 0 heterocycles. The highest BCUT2D eigenvalue weighted by molar-refractivity contribution is 9.10. The summed E-state index contributed by atoms with van der Waals surface area (Å²) in [6.45, 7) is 0. The Morgan fingerprint density at radius 1 is 1.33 bits per heavy atom. The van der Waals surface area contributed by atoms with Crippen LogP contribution in [0.25, 0.3) is 0 Å². The Labute approximate surface area is 99.4 Å². The number of hydrogen-bond acceptors (Lipinski definition) is 2. The van der Waals surface area contributed by atoms with E-state index in [2.05, 4.69) is 47.1 Å². The van der Waals surface area contributed by atoms with Gasteiger partial charge in [0, 0.05) is 15.6 Å². The number of benzene rings is 1. The number of rotatable bonds is 3. The van der Waals surface area contributed by atoms with Crippen LogP contribution in [0, 0.1) is 0 Å². The maximum Gasteiger partial charge on any atom is 0.125 e. The third-order valence-corrected chi connectivity index (χ3v) is 3.74. The fourth-order valence-corrected chi connectivity index (χ4v) is 2.47. The summed E-state index contributed by atoms with van der Waals surface area (Å²) in [6.07, 6.45) is 2.44. The van der Waals surface area contributed by atoms with Crippen LogP contribution in [0.3, 0.4) is 0 Å². The third kappa shape index (κ3) is 1.79. The molecule has 0 saturated heterocycles. The predicted molar refractivity (Wildman–Crippen MR) is 65.3 cm³/mol. The minimum atomic E-state index is 0.214. The van der Waals surface area contributed by atoms with Gasteiger partial charge >= 0.3 is 0 Å². The molecule has 1 fully saturated rings. The second-order valence-corrected chi connectivity index (χ2v) is 5.19. The number of halogens is 1. The van der Waals surface area contributed by atoms with Crippen LogP contribution >= 0.6 is 15.9 Å².